The summed E-state index contributed by atoms with van der Waals surface area (Å²) in [7, 11) is 0. The Bertz CT molecular complexity index is 634. The molecule has 172 valence electrons. The fraction of sp³-hybridized carbons (Fsp3) is 0.931. The van der Waals surface area contributed by atoms with E-state index in [2.05, 4.69) is 47.6 Å². The topological polar surface area (TPSA) is 20.2 Å². The highest BCUT2D eigenvalue weighted by Gasteiger charge is 2.58. The molecule has 4 aliphatic carbocycles. The fourth-order valence-corrected chi connectivity index (χ4v) is 9.15. The molecule has 3 saturated carbocycles. The highest BCUT2D eigenvalue weighted by molar-refractivity contribution is 5.27. The van der Waals surface area contributed by atoms with E-state index < -0.39 is 0 Å². The Hall–Kier alpha value is -0.300. The first-order valence-corrected chi connectivity index (χ1v) is 13.6. The standard InChI is InChI=1S/C29H50O/c1-7-21(19(2)3)9-8-20(4)25-12-13-26-24-11-10-22-18-23(30)14-16-28(22,5)27(24)15-17-29(25,26)6/h11,19-23,25-27,30H,7-10,12-18H2,1-6H3/t20?,21?,22?,23-,25?,26?,27?,28-,29+/m0/s1. The SMILES string of the molecule is CCC(CCC(C)C1CCC2C3=CCC4C[C@@H](O)CC[C@]4(C)C3CC[C@@]21C)C(C)C. The van der Waals surface area contributed by atoms with Crippen LogP contribution < -0.4 is 0 Å². The van der Waals surface area contributed by atoms with Crippen molar-refractivity contribution in [2.75, 3.05) is 0 Å². The Morgan fingerprint density at radius 2 is 1.67 bits per heavy atom. The molecule has 0 aromatic heterocycles. The van der Waals surface area contributed by atoms with Crippen LogP contribution in [0.25, 0.3) is 0 Å². The first-order valence-electron chi connectivity index (χ1n) is 13.6. The van der Waals surface area contributed by atoms with Gasteiger partial charge in [0.25, 0.3) is 0 Å². The molecule has 6 unspecified atom stereocenters. The molecular weight excluding hydrogens is 364 g/mol. The summed E-state index contributed by atoms with van der Waals surface area (Å²) < 4.78 is 0. The number of aliphatic hydroxyl groups excluding tert-OH is 1. The summed E-state index contributed by atoms with van der Waals surface area (Å²) in [4.78, 5) is 0. The van der Waals surface area contributed by atoms with E-state index in [1.807, 2.05) is 5.57 Å². The average Bonchev–Trinajstić information content (AvgIpc) is 3.06. The molecule has 0 heterocycles. The normalized spacial score (nSPS) is 45.3. The van der Waals surface area contributed by atoms with Gasteiger partial charge in [-0.15, -0.1) is 0 Å². The second-order valence-electron chi connectivity index (χ2n) is 12.9. The summed E-state index contributed by atoms with van der Waals surface area (Å²) in [6.45, 7) is 15.1. The van der Waals surface area contributed by atoms with Gasteiger partial charge in [-0.25, -0.2) is 0 Å². The maximum atomic E-state index is 10.3. The van der Waals surface area contributed by atoms with E-state index in [1.54, 1.807) is 0 Å². The van der Waals surface area contributed by atoms with Crippen LogP contribution in [0.3, 0.4) is 0 Å². The molecule has 0 aliphatic heterocycles. The maximum absolute atomic E-state index is 10.3. The minimum absolute atomic E-state index is 0.0404. The van der Waals surface area contributed by atoms with Crippen molar-refractivity contribution in [3.05, 3.63) is 11.6 Å². The van der Waals surface area contributed by atoms with Crippen LogP contribution in [0.2, 0.25) is 0 Å². The molecule has 4 rings (SSSR count). The zero-order chi connectivity index (χ0) is 21.7. The zero-order valence-corrected chi connectivity index (χ0v) is 20.9. The summed E-state index contributed by atoms with van der Waals surface area (Å²) >= 11 is 0. The Morgan fingerprint density at radius 3 is 2.37 bits per heavy atom. The van der Waals surface area contributed by atoms with Gasteiger partial charge in [0, 0.05) is 0 Å². The lowest BCUT2D eigenvalue weighted by molar-refractivity contribution is -0.0428. The molecule has 1 heteroatoms. The predicted octanol–water partition coefficient (Wildman–Crippen LogP) is 8.02. The Kier molecular flexibility index (Phi) is 6.53. The first-order chi connectivity index (χ1) is 14.2. The Balaban J connectivity index is 1.48. The van der Waals surface area contributed by atoms with Gasteiger partial charge in [0.1, 0.15) is 0 Å². The van der Waals surface area contributed by atoms with E-state index in [-0.39, 0.29) is 6.10 Å². The number of hydrogen-bond acceptors (Lipinski definition) is 1. The Morgan fingerprint density at radius 1 is 0.967 bits per heavy atom. The van der Waals surface area contributed by atoms with Crippen molar-refractivity contribution < 1.29 is 5.11 Å². The smallest absolute Gasteiger partial charge is 0.0543 e. The van der Waals surface area contributed by atoms with Gasteiger partial charge in [0.15, 0.2) is 0 Å². The van der Waals surface area contributed by atoms with Gasteiger partial charge in [-0.1, -0.05) is 66.0 Å². The van der Waals surface area contributed by atoms with E-state index >= 15 is 0 Å². The van der Waals surface area contributed by atoms with Crippen LogP contribution >= 0.6 is 0 Å². The zero-order valence-electron chi connectivity index (χ0n) is 20.9. The second-order valence-corrected chi connectivity index (χ2v) is 12.9. The molecule has 1 nitrogen and oxygen atoms in total. The molecular formula is C29H50O. The molecule has 0 aromatic carbocycles. The number of rotatable bonds is 6. The number of allylic oxidation sites excluding steroid dienone is 2. The molecule has 0 spiro atoms. The number of hydrogen-bond donors (Lipinski definition) is 1. The minimum atomic E-state index is -0.0404. The fourth-order valence-electron chi connectivity index (χ4n) is 9.15. The first kappa shape index (κ1) is 22.9. The minimum Gasteiger partial charge on any atom is -0.393 e. The van der Waals surface area contributed by atoms with Gasteiger partial charge in [0.2, 0.25) is 0 Å². The van der Waals surface area contributed by atoms with Gasteiger partial charge in [-0.3, -0.25) is 0 Å². The molecule has 0 saturated heterocycles. The molecule has 0 radical (unpaired) electrons. The molecule has 0 amide bonds. The van der Waals surface area contributed by atoms with Crippen LogP contribution in [-0.4, -0.2) is 11.2 Å². The van der Waals surface area contributed by atoms with Crippen LogP contribution in [0.5, 0.6) is 0 Å². The van der Waals surface area contributed by atoms with Gasteiger partial charge < -0.3 is 5.11 Å². The summed E-state index contributed by atoms with van der Waals surface area (Å²) in [6, 6.07) is 0. The molecule has 3 fully saturated rings. The lowest BCUT2D eigenvalue weighted by atomic mass is 9.47. The van der Waals surface area contributed by atoms with E-state index in [9.17, 15) is 5.11 Å². The lowest BCUT2D eigenvalue weighted by Crippen LogP contribution is -2.49. The highest BCUT2D eigenvalue weighted by atomic mass is 16.3. The Labute approximate surface area is 187 Å². The van der Waals surface area contributed by atoms with Crippen LogP contribution in [0.4, 0.5) is 0 Å². The molecule has 1 N–H and O–H groups in total. The molecule has 30 heavy (non-hydrogen) atoms. The van der Waals surface area contributed by atoms with Gasteiger partial charge >= 0.3 is 0 Å². The molecule has 4 aliphatic rings. The van der Waals surface area contributed by atoms with Crippen molar-refractivity contribution in [2.45, 2.75) is 118 Å². The summed E-state index contributed by atoms with van der Waals surface area (Å²) in [6.07, 6.45) is 17.2. The van der Waals surface area contributed by atoms with E-state index in [0.29, 0.717) is 10.8 Å². The maximum Gasteiger partial charge on any atom is 0.0543 e. The molecule has 0 aromatic rings. The molecule has 9 atom stereocenters. The number of aliphatic hydroxyl groups is 1. The third-order valence-electron chi connectivity index (χ3n) is 11.3. The third kappa shape index (κ3) is 3.74. The van der Waals surface area contributed by atoms with Crippen molar-refractivity contribution in [1.82, 2.24) is 0 Å². The average molecular weight is 415 g/mol. The van der Waals surface area contributed by atoms with Crippen molar-refractivity contribution >= 4 is 0 Å². The predicted molar refractivity (Wildman–Crippen MR) is 128 cm³/mol. The second kappa shape index (κ2) is 8.57. The van der Waals surface area contributed by atoms with Gasteiger partial charge in [-0.2, -0.15) is 0 Å². The van der Waals surface area contributed by atoms with Gasteiger partial charge in [-0.05, 0) is 110 Å². The van der Waals surface area contributed by atoms with Crippen LogP contribution in [-0.2, 0) is 0 Å². The number of fused-ring (bicyclic) bond motifs is 5. The van der Waals surface area contributed by atoms with E-state index in [0.717, 1.165) is 54.3 Å². The van der Waals surface area contributed by atoms with E-state index in [1.165, 1.54) is 57.8 Å². The monoisotopic (exact) mass is 414 g/mol. The van der Waals surface area contributed by atoms with Crippen LogP contribution in [0, 0.1) is 52.3 Å². The van der Waals surface area contributed by atoms with Crippen molar-refractivity contribution in [3.8, 4) is 0 Å². The van der Waals surface area contributed by atoms with Crippen molar-refractivity contribution in [1.29, 1.82) is 0 Å². The van der Waals surface area contributed by atoms with Crippen LogP contribution in [0.1, 0.15) is 112 Å². The summed E-state index contributed by atoms with van der Waals surface area (Å²) in [5.74, 6) is 5.92. The largest absolute Gasteiger partial charge is 0.393 e. The third-order valence-corrected chi connectivity index (χ3v) is 11.3. The van der Waals surface area contributed by atoms with E-state index in [4.69, 9.17) is 0 Å². The summed E-state index contributed by atoms with van der Waals surface area (Å²) in [5.41, 5.74) is 2.88. The lowest BCUT2D eigenvalue weighted by Gasteiger charge is -2.57. The quantitative estimate of drug-likeness (QED) is 0.436. The highest BCUT2D eigenvalue weighted by Crippen LogP contribution is 2.67. The van der Waals surface area contributed by atoms with Crippen molar-refractivity contribution in [2.24, 2.45) is 52.3 Å². The van der Waals surface area contributed by atoms with Crippen molar-refractivity contribution in [3.63, 3.8) is 0 Å². The van der Waals surface area contributed by atoms with Gasteiger partial charge in [0.05, 0.1) is 6.10 Å². The van der Waals surface area contributed by atoms with Crippen LogP contribution in [0.15, 0.2) is 11.6 Å². The molecule has 0 bridgehead atoms. The summed E-state index contributed by atoms with van der Waals surface area (Å²) in [5, 5.41) is 10.3.